The molecule has 1 amide bonds. The number of carbonyl (C=O) groups excluding carboxylic acids is 1. The number of amides is 1. The fraction of sp³-hybridized carbons (Fsp3) is 0.562. The minimum Gasteiger partial charge on any atom is -0.341 e. The Labute approximate surface area is 140 Å². The summed E-state index contributed by atoms with van der Waals surface area (Å²) in [6.45, 7) is 7.16. The van der Waals surface area contributed by atoms with Crippen molar-refractivity contribution in [3.63, 3.8) is 0 Å². The van der Waals surface area contributed by atoms with Gasteiger partial charge in [-0.25, -0.2) is 4.98 Å². The van der Waals surface area contributed by atoms with Gasteiger partial charge in [-0.1, -0.05) is 0 Å². The second kappa shape index (κ2) is 7.70. The van der Waals surface area contributed by atoms with Gasteiger partial charge in [0.2, 0.25) is 5.91 Å². The van der Waals surface area contributed by atoms with Crippen molar-refractivity contribution in [2.24, 2.45) is 0 Å². The van der Waals surface area contributed by atoms with Gasteiger partial charge >= 0.3 is 0 Å². The van der Waals surface area contributed by atoms with Crippen molar-refractivity contribution in [2.45, 2.75) is 32.9 Å². The first kappa shape index (κ1) is 16.1. The Morgan fingerprint density at radius 1 is 1.30 bits per heavy atom. The highest BCUT2D eigenvalue weighted by Crippen LogP contribution is 2.10. The third-order valence-electron chi connectivity index (χ3n) is 4.13. The molecule has 1 fully saturated rings. The summed E-state index contributed by atoms with van der Waals surface area (Å²) in [7, 11) is 0. The van der Waals surface area contributed by atoms with Crippen LogP contribution < -0.4 is 0 Å². The van der Waals surface area contributed by atoms with Crippen LogP contribution in [0.1, 0.15) is 24.1 Å². The first-order chi connectivity index (χ1) is 11.2. The molecule has 0 aliphatic carbocycles. The van der Waals surface area contributed by atoms with E-state index in [-0.39, 0.29) is 5.91 Å². The first-order valence-corrected chi connectivity index (χ1v) is 9.01. The van der Waals surface area contributed by atoms with Crippen molar-refractivity contribution in [3.8, 4) is 0 Å². The van der Waals surface area contributed by atoms with E-state index in [1.165, 1.54) is 0 Å². The summed E-state index contributed by atoms with van der Waals surface area (Å²) in [6.07, 6.45) is 5.35. The lowest BCUT2D eigenvalue weighted by molar-refractivity contribution is -0.131. The number of hydrogen-bond donors (Lipinski definition) is 0. The van der Waals surface area contributed by atoms with Crippen LogP contribution in [0.15, 0.2) is 23.3 Å². The van der Waals surface area contributed by atoms with Gasteiger partial charge in [0, 0.05) is 57.3 Å². The van der Waals surface area contributed by atoms with Gasteiger partial charge in [-0.15, -0.1) is 11.3 Å². The summed E-state index contributed by atoms with van der Waals surface area (Å²) in [5.74, 6) is 0.230. The van der Waals surface area contributed by atoms with Crippen LogP contribution in [0.2, 0.25) is 0 Å². The highest BCUT2D eigenvalue weighted by Gasteiger charge is 2.19. The van der Waals surface area contributed by atoms with Crippen molar-refractivity contribution in [1.29, 1.82) is 0 Å². The van der Waals surface area contributed by atoms with Crippen LogP contribution in [0, 0.1) is 6.92 Å². The van der Waals surface area contributed by atoms with E-state index in [0.29, 0.717) is 13.0 Å². The predicted molar refractivity (Wildman–Crippen MR) is 90.2 cm³/mol. The Balaban J connectivity index is 1.46. The standard InChI is InChI=1S/C16H23N5OS/c1-14-9-18-21(10-14)6-3-16(22)20-5-2-4-19(7-8-20)11-15-12-23-13-17-15/h9-10,12-13H,2-8,11H2,1H3. The van der Waals surface area contributed by atoms with E-state index in [1.54, 1.807) is 11.3 Å². The molecule has 7 heteroatoms. The molecule has 1 aliphatic heterocycles. The van der Waals surface area contributed by atoms with Crippen LogP contribution >= 0.6 is 11.3 Å². The lowest BCUT2D eigenvalue weighted by Gasteiger charge is -2.21. The molecule has 3 heterocycles. The van der Waals surface area contributed by atoms with Crippen molar-refractivity contribution in [1.82, 2.24) is 24.6 Å². The average molecular weight is 333 g/mol. The summed E-state index contributed by atoms with van der Waals surface area (Å²) < 4.78 is 1.85. The summed E-state index contributed by atoms with van der Waals surface area (Å²) in [4.78, 5) is 21.1. The molecule has 23 heavy (non-hydrogen) atoms. The van der Waals surface area contributed by atoms with Crippen LogP contribution in [0.25, 0.3) is 0 Å². The maximum absolute atomic E-state index is 12.4. The third-order valence-corrected chi connectivity index (χ3v) is 4.76. The zero-order valence-corrected chi connectivity index (χ0v) is 14.3. The van der Waals surface area contributed by atoms with Gasteiger partial charge < -0.3 is 4.90 Å². The molecule has 2 aromatic heterocycles. The number of thiazole rings is 1. The van der Waals surface area contributed by atoms with E-state index >= 15 is 0 Å². The molecule has 1 aliphatic rings. The second-order valence-electron chi connectivity index (χ2n) is 6.02. The Hall–Kier alpha value is -1.73. The molecule has 0 aromatic carbocycles. The molecule has 0 N–H and O–H groups in total. The largest absolute Gasteiger partial charge is 0.341 e. The number of carbonyl (C=O) groups is 1. The molecule has 3 rings (SSSR count). The summed E-state index contributed by atoms with van der Waals surface area (Å²) >= 11 is 1.63. The average Bonchev–Trinajstić information content (AvgIpc) is 3.13. The van der Waals surface area contributed by atoms with Crippen LogP contribution in [-0.2, 0) is 17.9 Å². The van der Waals surface area contributed by atoms with Gasteiger partial charge in [-0.2, -0.15) is 5.10 Å². The van der Waals surface area contributed by atoms with Crippen molar-refractivity contribution < 1.29 is 4.79 Å². The minimum absolute atomic E-state index is 0.230. The molecule has 2 aromatic rings. The number of aromatic nitrogens is 3. The smallest absolute Gasteiger partial charge is 0.224 e. The monoisotopic (exact) mass is 333 g/mol. The summed E-state index contributed by atoms with van der Waals surface area (Å²) in [5.41, 5.74) is 4.13. The maximum Gasteiger partial charge on any atom is 0.224 e. The Bertz CT molecular complexity index is 624. The molecule has 0 unspecified atom stereocenters. The van der Waals surface area contributed by atoms with E-state index in [4.69, 9.17) is 0 Å². The number of nitrogens with zero attached hydrogens (tertiary/aromatic N) is 5. The summed E-state index contributed by atoms with van der Waals surface area (Å²) in [5, 5.41) is 6.33. The van der Waals surface area contributed by atoms with Crippen LogP contribution in [0.3, 0.4) is 0 Å². The maximum atomic E-state index is 12.4. The molecular formula is C16H23N5OS. The molecular weight excluding hydrogens is 310 g/mol. The highest BCUT2D eigenvalue weighted by atomic mass is 32.1. The van der Waals surface area contributed by atoms with E-state index < -0.39 is 0 Å². The lowest BCUT2D eigenvalue weighted by Crippen LogP contribution is -2.35. The molecule has 0 radical (unpaired) electrons. The van der Waals surface area contributed by atoms with Gasteiger partial charge in [0.15, 0.2) is 0 Å². The predicted octanol–water partition coefficient (Wildman–Crippen LogP) is 1.77. The van der Waals surface area contributed by atoms with Crippen molar-refractivity contribution in [2.75, 3.05) is 26.2 Å². The quantitative estimate of drug-likeness (QED) is 0.837. The fourth-order valence-corrected chi connectivity index (χ4v) is 3.43. The number of hydrogen-bond acceptors (Lipinski definition) is 5. The van der Waals surface area contributed by atoms with E-state index in [9.17, 15) is 4.79 Å². The molecule has 0 spiro atoms. The zero-order valence-electron chi connectivity index (χ0n) is 13.5. The van der Waals surface area contributed by atoms with Gasteiger partial charge in [0.25, 0.3) is 0 Å². The summed E-state index contributed by atoms with van der Waals surface area (Å²) in [6, 6.07) is 0. The van der Waals surface area contributed by atoms with Gasteiger partial charge in [0.05, 0.1) is 17.4 Å². The molecule has 1 saturated heterocycles. The second-order valence-corrected chi connectivity index (χ2v) is 6.74. The Kier molecular flexibility index (Phi) is 5.40. The van der Waals surface area contributed by atoms with Gasteiger partial charge in [-0.3, -0.25) is 14.4 Å². The zero-order chi connectivity index (χ0) is 16.1. The Morgan fingerprint density at radius 2 is 2.22 bits per heavy atom. The highest BCUT2D eigenvalue weighted by molar-refractivity contribution is 7.07. The van der Waals surface area contributed by atoms with Crippen LogP contribution in [0.4, 0.5) is 0 Å². The van der Waals surface area contributed by atoms with Gasteiger partial charge in [0.1, 0.15) is 0 Å². The number of aryl methyl sites for hydroxylation is 2. The van der Waals surface area contributed by atoms with E-state index in [1.807, 2.05) is 34.4 Å². The molecule has 6 nitrogen and oxygen atoms in total. The van der Waals surface area contributed by atoms with Crippen molar-refractivity contribution >= 4 is 17.2 Å². The molecule has 124 valence electrons. The third kappa shape index (κ3) is 4.62. The first-order valence-electron chi connectivity index (χ1n) is 8.07. The van der Waals surface area contributed by atoms with E-state index in [2.05, 4.69) is 20.4 Å². The Morgan fingerprint density at radius 3 is 2.96 bits per heavy atom. The molecule has 0 bridgehead atoms. The van der Waals surface area contributed by atoms with Crippen LogP contribution in [0.5, 0.6) is 0 Å². The minimum atomic E-state index is 0.230. The van der Waals surface area contributed by atoms with Crippen LogP contribution in [-0.4, -0.2) is 56.7 Å². The lowest BCUT2D eigenvalue weighted by atomic mass is 10.3. The van der Waals surface area contributed by atoms with Crippen molar-refractivity contribution in [3.05, 3.63) is 34.5 Å². The topological polar surface area (TPSA) is 54.3 Å². The van der Waals surface area contributed by atoms with E-state index in [0.717, 1.165) is 50.4 Å². The number of rotatable bonds is 5. The van der Waals surface area contributed by atoms with Gasteiger partial charge in [-0.05, 0) is 18.9 Å². The fourth-order valence-electron chi connectivity index (χ4n) is 2.88. The molecule has 0 atom stereocenters. The SMILES string of the molecule is Cc1cnn(CCC(=O)N2CCCN(Cc3cscn3)CC2)c1. The normalized spacial score (nSPS) is 16.5. The molecule has 0 saturated carbocycles.